The number of amides is 1. The zero-order chi connectivity index (χ0) is 16.7. The van der Waals surface area contributed by atoms with Crippen LogP contribution in [-0.4, -0.2) is 58.8 Å². The van der Waals surface area contributed by atoms with Crippen molar-refractivity contribution in [3.05, 3.63) is 11.6 Å². The second-order valence-electron chi connectivity index (χ2n) is 4.73. The molecule has 1 amide bonds. The van der Waals surface area contributed by atoms with E-state index in [-0.39, 0.29) is 12.4 Å². The molecular weight excluding hydrogens is 325 g/mol. The molecule has 12 nitrogen and oxygen atoms in total. The Morgan fingerprint density at radius 1 is 1.50 bits per heavy atom. The largest absolute Gasteiger partial charge is 0.856 e. The van der Waals surface area contributed by atoms with Crippen molar-refractivity contribution in [3.63, 3.8) is 0 Å². The minimum Gasteiger partial charge on any atom is -0.856 e. The van der Waals surface area contributed by atoms with Crippen LogP contribution in [0.25, 0.3) is 0 Å². The highest BCUT2D eigenvalue weighted by Crippen LogP contribution is 2.30. The van der Waals surface area contributed by atoms with E-state index in [1.807, 2.05) is 0 Å². The van der Waals surface area contributed by atoms with Gasteiger partial charge in [0.2, 0.25) is 5.70 Å². The first-order chi connectivity index (χ1) is 10.1. The van der Waals surface area contributed by atoms with Crippen LogP contribution in [-0.2, 0) is 18.6 Å². The molecule has 126 valence electrons. The van der Waals surface area contributed by atoms with E-state index in [4.69, 9.17) is 10.5 Å². The maximum absolute atomic E-state index is 11.9. The normalized spacial score (nSPS) is 32.8. The smallest absolute Gasteiger partial charge is 0.303 e. The van der Waals surface area contributed by atoms with Crippen LogP contribution in [0.15, 0.2) is 11.6 Å². The molecule has 1 saturated heterocycles. The van der Waals surface area contributed by atoms with Gasteiger partial charge in [-0.3, -0.25) is 10.1 Å². The fourth-order valence-corrected chi connectivity index (χ4v) is 2.56. The average Bonchev–Trinajstić information content (AvgIpc) is 2.90. The predicted octanol–water partition coefficient (Wildman–Crippen LogP) is -6.87. The molecule has 2 heterocycles. The number of hydrogen-bond donors (Lipinski definition) is 4. The Bertz CT molecular complexity index is 534. The Hall–Kier alpha value is -1.24. The number of rotatable bonds is 5. The van der Waals surface area contributed by atoms with Crippen LogP contribution >= 0.6 is 7.82 Å². The fraction of sp³-hybridized carbons (Fsp3) is 0.667. The Morgan fingerprint density at radius 2 is 2.14 bits per heavy atom. The number of ether oxygens (including phenoxy) is 1. The number of quaternary nitrogens is 1. The number of aliphatic hydroxyl groups is 2. The molecule has 2 rings (SSSR count). The van der Waals surface area contributed by atoms with Gasteiger partial charge in [0.1, 0.15) is 18.3 Å². The van der Waals surface area contributed by atoms with Gasteiger partial charge in [0.25, 0.3) is 0 Å². The summed E-state index contributed by atoms with van der Waals surface area (Å²) in [6.45, 7) is -0.891. The molecule has 0 aromatic carbocycles. The number of carbonyl (C=O) groups excluding carboxylic acids is 1. The fourth-order valence-electron chi connectivity index (χ4n) is 2.23. The maximum atomic E-state index is 11.9. The molecule has 4 atom stereocenters. The van der Waals surface area contributed by atoms with Crippen molar-refractivity contribution in [1.82, 2.24) is 4.90 Å². The number of hydrogen-bond acceptors (Lipinski definition) is 10. The summed E-state index contributed by atoms with van der Waals surface area (Å²) in [6, 6.07) is 0. The minimum absolute atomic E-state index is 0.0826. The molecule has 22 heavy (non-hydrogen) atoms. The molecule has 0 spiro atoms. The van der Waals surface area contributed by atoms with Crippen LogP contribution in [0.5, 0.6) is 0 Å². The van der Waals surface area contributed by atoms with E-state index < -0.39 is 50.8 Å². The molecule has 1 fully saturated rings. The summed E-state index contributed by atoms with van der Waals surface area (Å²) in [5, 5.41) is 32.8. The highest BCUT2D eigenvalue weighted by Gasteiger charge is 2.47. The average molecular weight is 339 g/mol. The van der Waals surface area contributed by atoms with Crippen LogP contribution in [0.3, 0.4) is 0 Å². The maximum Gasteiger partial charge on any atom is 0.303 e. The topological polar surface area (TPSA) is 208 Å². The number of aliphatic hydroxyl groups excluding tert-OH is 2. The molecule has 0 aromatic rings. The first-order valence-corrected chi connectivity index (χ1v) is 7.57. The first kappa shape index (κ1) is 17.1. The van der Waals surface area contributed by atoms with E-state index in [2.05, 4.69) is 4.52 Å². The summed E-state index contributed by atoms with van der Waals surface area (Å²) >= 11 is 0. The van der Waals surface area contributed by atoms with Gasteiger partial charge < -0.3 is 49.6 Å². The Morgan fingerprint density at radius 3 is 2.64 bits per heavy atom. The Labute approximate surface area is 124 Å². The predicted molar refractivity (Wildman–Crippen MR) is 59.1 cm³/mol. The summed E-state index contributed by atoms with van der Waals surface area (Å²) in [7, 11) is -5.27. The molecule has 0 saturated carbocycles. The summed E-state index contributed by atoms with van der Waals surface area (Å²) < 4.78 is 19.6. The molecule has 2 aliphatic heterocycles. The zero-order valence-corrected chi connectivity index (χ0v) is 11.9. The molecule has 0 aliphatic carbocycles. The van der Waals surface area contributed by atoms with Crippen molar-refractivity contribution in [2.24, 2.45) is 5.73 Å². The van der Waals surface area contributed by atoms with Crippen molar-refractivity contribution >= 4 is 13.7 Å². The quantitative estimate of drug-likeness (QED) is 0.348. The van der Waals surface area contributed by atoms with E-state index >= 15 is 0 Å². The van der Waals surface area contributed by atoms with Crippen molar-refractivity contribution < 1.29 is 49.0 Å². The van der Waals surface area contributed by atoms with Gasteiger partial charge in [0, 0.05) is 5.88 Å². The summed E-state index contributed by atoms with van der Waals surface area (Å²) in [4.78, 5) is 32.8. The standard InChI is InChI=1S/C9H16N3O9P/c10-7(15)4-8(16)12(2-11-4)9-6(14)5(13)3(21-9)1-20-22(17,18)19/h3,5-6,9,11,13-14,16H,1-2H2,(H2,10,15)(H2,17,18,19)/p-2. The lowest BCUT2D eigenvalue weighted by molar-refractivity contribution is -0.606. The lowest BCUT2D eigenvalue weighted by atomic mass is 10.1. The van der Waals surface area contributed by atoms with Gasteiger partial charge in [-0.1, -0.05) is 0 Å². The van der Waals surface area contributed by atoms with Crippen molar-refractivity contribution in [1.29, 1.82) is 0 Å². The van der Waals surface area contributed by atoms with Crippen molar-refractivity contribution in [2.45, 2.75) is 24.5 Å². The van der Waals surface area contributed by atoms with Crippen LogP contribution in [0.4, 0.5) is 0 Å². The van der Waals surface area contributed by atoms with Crippen molar-refractivity contribution in [3.8, 4) is 0 Å². The van der Waals surface area contributed by atoms with Crippen LogP contribution < -0.4 is 25.9 Å². The van der Waals surface area contributed by atoms with Gasteiger partial charge in [-0.15, -0.1) is 0 Å². The van der Waals surface area contributed by atoms with Gasteiger partial charge in [-0.25, -0.2) is 0 Å². The molecule has 0 aromatic heterocycles. The number of primary amides is 1. The number of carbonyl (C=O) groups is 1. The molecule has 4 unspecified atom stereocenters. The lowest BCUT2D eigenvalue weighted by Gasteiger charge is -2.31. The molecule has 2 aliphatic rings. The van der Waals surface area contributed by atoms with E-state index in [9.17, 15) is 34.5 Å². The van der Waals surface area contributed by atoms with Crippen LogP contribution in [0, 0.1) is 0 Å². The third kappa shape index (κ3) is 3.39. The van der Waals surface area contributed by atoms with E-state index in [0.29, 0.717) is 0 Å². The molecule has 6 N–H and O–H groups in total. The van der Waals surface area contributed by atoms with Gasteiger partial charge >= 0.3 is 5.91 Å². The highest BCUT2D eigenvalue weighted by atomic mass is 31.2. The second kappa shape index (κ2) is 6.10. The minimum atomic E-state index is -5.27. The van der Waals surface area contributed by atoms with E-state index in [1.54, 1.807) is 0 Å². The second-order valence-corrected chi connectivity index (χ2v) is 5.88. The molecule has 13 heteroatoms. The van der Waals surface area contributed by atoms with Crippen LogP contribution in [0.2, 0.25) is 0 Å². The monoisotopic (exact) mass is 339 g/mol. The molecule has 0 bridgehead atoms. The third-order valence-corrected chi connectivity index (χ3v) is 3.76. The number of nitrogens with two attached hydrogens (primary N) is 2. The Balaban J connectivity index is 2.08. The van der Waals surface area contributed by atoms with Gasteiger partial charge in [-0.05, 0) is 0 Å². The van der Waals surface area contributed by atoms with Crippen molar-refractivity contribution in [2.75, 3.05) is 13.3 Å². The highest BCUT2D eigenvalue weighted by molar-refractivity contribution is 7.43. The molecular formula is C9H14N3O9P-2. The van der Waals surface area contributed by atoms with Gasteiger partial charge in [-0.2, -0.15) is 0 Å². The van der Waals surface area contributed by atoms with Gasteiger partial charge in [0.15, 0.2) is 12.9 Å². The number of nitrogens with zero attached hydrogens (tertiary/aromatic N) is 1. The van der Waals surface area contributed by atoms with Crippen LogP contribution in [0.1, 0.15) is 0 Å². The molecule has 0 radical (unpaired) electrons. The van der Waals surface area contributed by atoms with E-state index in [0.717, 1.165) is 4.90 Å². The SMILES string of the molecule is NC(=O)C1=C([O-])N(C2OC(COP(=O)([O-])[O-])C(O)C2O)C[NH2+]1. The lowest BCUT2D eigenvalue weighted by Crippen LogP contribution is -2.83. The first-order valence-electron chi connectivity index (χ1n) is 6.11. The summed E-state index contributed by atoms with van der Waals surface area (Å²) in [5.74, 6) is -1.73. The number of phosphoric acid groups is 1. The Kier molecular flexibility index (Phi) is 4.75. The number of phosphoric ester groups is 1. The summed E-state index contributed by atoms with van der Waals surface area (Å²) in [5.41, 5.74) is 4.72. The van der Waals surface area contributed by atoms with E-state index in [1.165, 1.54) is 5.32 Å². The summed E-state index contributed by atoms with van der Waals surface area (Å²) in [6.07, 6.45) is -5.82. The van der Waals surface area contributed by atoms with Gasteiger partial charge in [0.05, 0.1) is 14.4 Å². The third-order valence-electron chi connectivity index (χ3n) is 3.29. The zero-order valence-electron chi connectivity index (χ0n) is 11.0.